The van der Waals surface area contributed by atoms with Gasteiger partial charge in [0.25, 0.3) is 0 Å². The molecule has 5 nitrogen and oxygen atoms in total. The fourth-order valence-electron chi connectivity index (χ4n) is 3.97. The third-order valence-corrected chi connectivity index (χ3v) is 5.26. The van der Waals surface area contributed by atoms with Gasteiger partial charge in [-0.15, -0.1) is 5.10 Å². The van der Waals surface area contributed by atoms with E-state index in [4.69, 9.17) is 0 Å². The van der Waals surface area contributed by atoms with Crippen LogP contribution in [0.25, 0.3) is 0 Å². The minimum atomic E-state index is -0.152. The molecule has 0 amide bonds. The van der Waals surface area contributed by atoms with E-state index >= 15 is 0 Å². The van der Waals surface area contributed by atoms with Gasteiger partial charge in [0.15, 0.2) is 5.82 Å². The van der Waals surface area contributed by atoms with Crippen molar-refractivity contribution in [1.82, 2.24) is 25.5 Å². The van der Waals surface area contributed by atoms with Crippen LogP contribution in [-0.2, 0) is 13.0 Å². The first-order valence-corrected chi connectivity index (χ1v) is 8.54. The van der Waals surface area contributed by atoms with Crippen LogP contribution in [0.1, 0.15) is 49.4 Å². The van der Waals surface area contributed by atoms with Crippen LogP contribution in [0.15, 0.2) is 24.3 Å². The number of aryl methyl sites for hydroxylation is 2. The molecule has 2 heterocycles. The fourth-order valence-corrected chi connectivity index (χ4v) is 3.97. The maximum atomic E-state index is 13.1. The van der Waals surface area contributed by atoms with E-state index in [1.807, 2.05) is 16.8 Å². The van der Waals surface area contributed by atoms with Gasteiger partial charge in [-0.2, -0.15) is 0 Å². The van der Waals surface area contributed by atoms with Crippen LogP contribution >= 0.6 is 0 Å². The summed E-state index contributed by atoms with van der Waals surface area (Å²) >= 11 is 0. The monoisotopic (exact) mass is 315 g/mol. The van der Waals surface area contributed by atoms with Crippen molar-refractivity contribution in [1.29, 1.82) is 0 Å². The van der Waals surface area contributed by atoms with Gasteiger partial charge in [-0.05, 0) is 66.1 Å². The number of fused-ring (bicyclic) bond motifs is 1. The molecule has 1 aromatic heterocycles. The van der Waals surface area contributed by atoms with Gasteiger partial charge in [0, 0.05) is 25.0 Å². The molecule has 1 saturated carbocycles. The third kappa shape index (κ3) is 3.27. The topological polar surface area (TPSA) is 55.6 Å². The highest BCUT2D eigenvalue weighted by molar-refractivity contribution is 5.22. The van der Waals surface area contributed by atoms with E-state index < -0.39 is 0 Å². The summed E-state index contributed by atoms with van der Waals surface area (Å²) in [5.41, 5.74) is 1.27. The van der Waals surface area contributed by atoms with E-state index in [1.54, 1.807) is 12.1 Å². The van der Waals surface area contributed by atoms with Crippen LogP contribution in [0.2, 0.25) is 0 Å². The minimum absolute atomic E-state index is 0.152. The number of rotatable bonds is 3. The van der Waals surface area contributed by atoms with E-state index in [-0.39, 0.29) is 5.82 Å². The molecule has 23 heavy (non-hydrogen) atoms. The van der Waals surface area contributed by atoms with Gasteiger partial charge in [-0.25, -0.2) is 9.07 Å². The summed E-state index contributed by atoms with van der Waals surface area (Å²) in [4.78, 5) is 0. The summed E-state index contributed by atoms with van der Waals surface area (Å²) in [5, 5.41) is 15.7. The Kier molecular flexibility index (Phi) is 4.08. The summed E-state index contributed by atoms with van der Waals surface area (Å²) in [7, 11) is 0. The molecule has 0 bridgehead atoms. The van der Waals surface area contributed by atoms with E-state index in [9.17, 15) is 4.39 Å². The molecule has 2 aromatic rings. The Morgan fingerprint density at radius 3 is 2.78 bits per heavy atom. The van der Waals surface area contributed by atoms with Crippen LogP contribution in [0, 0.1) is 5.82 Å². The van der Waals surface area contributed by atoms with Crippen molar-refractivity contribution in [2.24, 2.45) is 0 Å². The molecule has 0 spiro atoms. The molecular weight excluding hydrogens is 293 g/mol. The number of tetrazole rings is 1. The van der Waals surface area contributed by atoms with Gasteiger partial charge in [0.2, 0.25) is 0 Å². The molecule has 1 N–H and O–H groups in total. The predicted molar refractivity (Wildman–Crippen MR) is 84.5 cm³/mol. The molecule has 1 aromatic carbocycles. The Bertz CT molecular complexity index is 631. The highest BCUT2D eigenvalue weighted by Gasteiger charge is 2.28. The van der Waals surface area contributed by atoms with Gasteiger partial charge < -0.3 is 5.32 Å². The van der Waals surface area contributed by atoms with E-state index in [0.29, 0.717) is 18.0 Å². The van der Waals surface area contributed by atoms with Crippen molar-refractivity contribution in [3.63, 3.8) is 0 Å². The Morgan fingerprint density at radius 1 is 1.04 bits per heavy atom. The molecule has 122 valence electrons. The number of nitrogens with zero attached hydrogens (tertiary/aromatic N) is 4. The van der Waals surface area contributed by atoms with Gasteiger partial charge in [0.05, 0.1) is 0 Å². The SMILES string of the molecule is Fc1ccc(C2CCC(NC3CCc4nnnn4CC3)C2)cc1. The third-order valence-electron chi connectivity index (χ3n) is 5.26. The van der Waals surface area contributed by atoms with Gasteiger partial charge >= 0.3 is 0 Å². The largest absolute Gasteiger partial charge is 0.311 e. The highest BCUT2D eigenvalue weighted by Crippen LogP contribution is 2.35. The summed E-state index contributed by atoms with van der Waals surface area (Å²) in [6.45, 7) is 0.897. The molecule has 1 fully saturated rings. The maximum Gasteiger partial charge on any atom is 0.151 e. The Labute approximate surface area is 135 Å². The van der Waals surface area contributed by atoms with Crippen molar-refractivity contribution < 1.29 is 4.39 Å². The smallest absolute Gasteiger partial charge is 0.151 e. The van der Waals surface area contributed by atoms with Crippen LogP contribution in [-0.4, -0.2) is 32.3 Å². The average molecular weight is 315 g/mol. The van der Waals surface area contributed by atoms with Crippen LogP contribution < -0.4 is 5.32 Å². The first-order valence-electron chi connectivity index (χ1n) is 8.54. The number of halogens is 1. The quantitative estimate of drug-likeness (QED) is 0.945. The minimum Gasteiger partial charge on any atom is -0.311 e. The van der Waals surface area contributed by atoms with Crippen molar-refractivity contribution in [3.05, 3.63) is 41.5 Å². The summed E-state index contributed by atoms with van der Waals surface area (Å²) in [5.74, 6) is 1.41. The molecule has 3 unspecified atom stereocenters. The highest BCUT2D eigenvalue weighted by atomic mass is 19.1. The number of aromatic nitrogens is 4. The average Bonchev–Trinajstić information content (AvgIpc) is 3.16. The van der Waals surface area contributed by atoms with Crippen molar-refractivity contribution in [3.8, 4) is 0 Å². The Morgan fingerprint density at radius 2 is 1.91 bits per heavy atom. The summed E-state index contributed by atoms with van der Waals surface area (Å²) < 4.78 is 15.0. The van der Waals surface area contributed by atoms with Crippen LogP contribution in [0.3, 0.4) is 0 Å². The lowest BCUT2D eigenvalue weighted by atomic mass is 9.97. The number of nitrogens with one attached hydrogen (secondary N) is 1. The lowest BCUT2D eigenvalue weighted by molar-refractivity contribution is 0.382. The molecule has 3 atom stereocenters. The van der Waals surface area contributed by atoms with Crippen LogP contribution in [0.4, 0.5) is 4.39 Å². The second-order valence-corrected chi connectivity index (χ2v) is 6.77. The van der Waals surface area contributed by atoms with E-state index in [2.05, 4.69) is 20.8 Å². The second kappa shape index (κ2) is 6.35. The number of benzene rings is 1. The predicted octanol–water partition coefficient (Wildman–Crippen LogP) is 2.44. The Hall–Kier alpha value is -1.82. The standard InChI is InChI=1S/C17H22FN5/c18-14-4-1-12(2-5-14)13-3-6-16(11-13)19-15-7-8-17-20-21-22-23(17)10-9-15/h1-2,4-5,13,15-16,19H,3,6-11H2. The van der Waals surface area contributed by atoms with Gasteiger partial charge in [0.1, 0.15) is 5.82 Å². The molecule has 0 radical (unpaired) electrons. The van der Waals surface area contributed by atoms with Crippen molar-refractivity contribution >= 4 is 0 Å². The molecule has 1 aliphatic heterocycles. The first-order chi connectivity index (χ1) is 11.3. The zero-order valence-electron chi connectivity index (χ0n) is 13.2. The lowest BCUT2D eigenvalue weighted by Crippen LogP contribution is -2.37. The molecule has 4 rings (SSSR count). The van der Waals surface area contributed by atoms with Crippen LogP contribution in [0.5, 0.6) is 0 Å². The summed E-state index contributed by atoms with van der Waals surface area (Å²) in [6.07, 6.45) is 6.64. The maximum absolute atomic E-state index is 13.1. The van der Waals surface area contributed by atoms with E-state index in [1.165, 1.54) is 18.4 Å². The summed E-state index contributed by atoms with van der Waals surface area (Å²) in [6, 6.07) is 8.10. The van der Waals surface area contributed by atoms with Gasteiger partial charge in [-0.3, -0.25) is 0 Å². The fraction of sp³-hybridized carbons (Fsp3) is 0.588. The second-order valence-electron chi connectivity index (χ2n) is 6.77. The van der Waals surface area contributed by atoms with Gasteiger partial charge in [-0.1, -0.05) is 12.1 Å². The zero-order valence-corrected chi connectivity index (χ0v) is 13.2. The first kappa shape index (κ1) is 14.8. The van der Waals surface area contributed by atoms with E-state index in [0.717, 1.165) is 38.1 Å². The molecular formula is C17H22FN5. The number of hydrogen-bond donors (Lipinski definition) is 1. The van der Waals surface area contributed by atoms with Crippen molar-refractivity contribution in [2.75, 3.05) is 0 Å². The number of hydrogen-bond acceptors (Lipinski definition) is 4. The Balaban J connectivity index is 1.32. The normalized spacial score (nSPS) is 27.6. The lowest BCUT2D eigenvalue weighted by Gasteiger charge is -2.21. The zero-order chi connectivity index (χ0) is 15.6. The molecule has 6 heteroatoms. The molecule has 2 aliphatic rings. The molecule has 1 aliphatic carbocycles. The van der Waals surface area contributed by atoms with Crippen molar-refractivity contribution in [2.45, 2.75) is 63.1 Å². The molecule has 0 saturated heterocycles.